The molecule has 0 spiro atoms. The van der Waals surface area contributed by atoms with Crippen LogP contribution in [0.25, 0.3) is 0 Å². The van der Waals surface area contributed by atoms with Crippen molar-refractivity contribution in [3.8, 4) is 0 Å². The second-order valence-corrected chi connectivity index (χ2v) is 8.57. The minimum Gasteiger partial charge on any atom is -0.379 e. The molecule has 0 aliphatic carbocycles. The Labute approximate surface area is 168 Å². The average molecular weight is 426 g/mol. The third-order valence-corrected chi connectivity index (χ3v) is 6.06. The van der Waals surface area contributed by atoms with Crippen molar-refractivity contribution < 1.29 is 18.1 Å². The van der Waals surface area contributed by atoms with Crippen molar-refractivity contribution in [2.24, 2.45) is 0 Å². The maximum absolute atomic E-state index is 12.6. The summed E-state index contributed by atoms with van der Waals surface area (Å²) in [4.78, 5) is 12.3. The topological polar surface area (TPSA) is 102 Å². The number of nitro groups is 1. The summed E-state index contributed by atoms with van der Waals surface area (Å²) in [6, 6.07) is 11.1. The van der Waals surface area contributed by atoms with E-state index in [1.807, 2.05) is 24.3 Å². The Morgan fingerprint density at radius 3 is 2.57 bits per heavy atom. The molecule has 1 N–H and O–H groups in total. The van der Waals surface area contributed by atoms with Gasteiger partial charge in [-0.05, 0) is 23.3 Å². The average Bonchev–Trinajstić information content (AvgIpc) is 2.67. The number of halogens is 1. The second kappa shape index (κ2) is 8.97. The highest BCUT2D eigenvalue weighted by Crippen LogP contribution is 2.27. The first-order valence-corrected chi connectivity index (χ1v) is 10.5. The molecule has 0 saturated carbocycles. The predicted octanol–water partition coefficient (Wildman–Crippen LogP) is 2.56. The molecular weight excluding hydrogens is 406 g/mol. The summed E-state index contributed by atoms with van der Waals surface area (Å²) in [5, 5.41) is 11.3. The van der Waals surface area contributed by atoms with Crippen LogP contribution >= 0.6 is 11.6 Å². The Kier molecular flexibility index (Phi) is 6.63. The number of sulfonamides is 1. The number of ether oxygens (including phenoxy) is 1. The number of rotatable bonds is 7. The van der Waals surface area contributed by atoms with Gasteiger partial charge in [0.2, 0.25) is 10.0 Å². The first-order chi connectivity index (χ1) is 13.3. The lowest BCUT2D eigenvalue weighted by atomic mass is 10.1. The highest BCUT2D eigenvalue weighted by molar-refractivity contribution is 7.89. The summed E-state index contributed by atoms with van der Waals surface area (Å²) in [5.74, 6) is 0. The summed E-state index contributed by atoms with van der Waals surface area (Å²) < 4.78 is 32.9. The van der Waals surface area contributed by atoms with Gasteiger partial charge in [0.05, 0.1) is 18.1 Å². The van der Waals surface area contributed by atoms with Gasteiger partial charge in [-0.25, -0.2) is 13.1 Å². The molecule has 1 aliphatic heterocycles. The van der Waals surface area contributed by atoms with Gasteiger partial charge in [0.25, 0.3) is 5.69 Å². The molecule has 3 rings (SSSR count). The largest absolute Gasteiger partial charge is 0.379 e. The Bertz CT molecular complexity index is 961. The first-order valence-electron chi connectivity index (χ1n) is 8.67. The van der Waals surface area contributed by atoms with Gasteiger partial charge < -0.3 is 4.74 Å². The molecule has 0 aromatic heterocycles. The maximum Gasteiger partial charge on any atom is 0.290 e. The summed E-state index contributed by atoms with van der Waals surface area (Å²) in [7, 11) is -4.07. The van der Waals surface area contributed by atoms with Crippen molar-refractivity contribution in [3.05, 3.63) is 68.7 Å². The van der Waals surface area contributed by atoms with E-state index < -0.39 is 25.5 Å². The van der Waals surface area contributed by atoms with E-state index in [0.717, 1.165) is 42.9 Å². The van der Waals surface area contributed by atoms with E-state index in [9.17, 15) is 18.5 Å². The Hall–Kier alpha value is -2.04. The lowest BCUT2D eigenvalue weighted by Crippen LogP contribution is -2.35. The zero-order chi connectivity index (χ0) is 20.1. The first kappa shape index (κ1) is 20.7. The number of hydrogen-bond donors (Lipinski definition) is 1. The molecule has 0 atom stereocenters. The van der Waals surface area contributed by atoms with E-state index >= 15 is 0 Å². The SMILES string of the molecule is O=[N+]([O-])c1cc(Cl)ccc1S(=O)(=O)NCc1cccc(CN2CCOCC2)c1. The third kappa shape index (κ3) is 5.27. The molecule has 2 aromatic carbocycles. The zero-order valence-corrected chi connectivity index (χ0v) is 16.6. The number of morpholine rings is 1. The molecule has 2 aromatic rings. The van der Waals surface area contributed by atoms with Crippen LogP contribution in [0.1, 0.15) is 11.1 Å². The minimum absolute atomic E-state index is 0.0269. The number of benzene rings is 2. The van der Waals surface area contributed by atoms with Gasteiger partial charge in [-0.15, -0.1) is 0 Å². The van der Waals surface area contributed by atoms with Crippen LogP contribution in [-0.4, -0.2) is 44.5 Å². The minimum atomic E-state index is -4.07. The van der Waals surface area contributed by atoms with Gasteiger partial charge in [0.1, 0.15) is 0 Å². The smallest absolute Gasteiger partial charge is 0.290 e. The molecule has 0 unspecified atom stereocenters. The fourth-order valence-corrected chi connectivity index (χ4v) is 4.31. The monoisotopic (exact) mass is 425 g/mol. The van der Waals surface area contributed by atoms with Crippen molar-refractivity contribution in [1.82, 2.24) is 9.62 Å². The lowest BCUT2D eigenvalue weighted by Gasteiger charge is -2.26. The van der Waals surface area contributed by atoms with E-state index in [-0.39, 0.29) is 11.6 Å². The second-order valence-electron chi connectivity index (χ2n) is 6.40. The Morgan fingerprint density at radius 2 is 1.86 bits per heavy atom. The molecular formula is C18H20ClN3O5S. The maximum atomic E-state index is 12.6. The number of hydrogen-bond acceptors (Lipinski definition) is 6. The Morgan fingerprint density at radius 1 is 1.14 bits per heavy atom. The molecule has 8 nitrogen and oxygen atoms in total. The van der Waals surface area contributed by atoms with Crippen LogP contribution in [0, 0.1) is 10.1 Å². The molecule has 1 heterocycles. The van der Waals surface area contributed by atoms with E-state index in [2.05, 4.69) is 9.62 Å². The number of nitrogens with zero attached hydrogens (tertiary/aromatic N) is 2. The molecule has 0 amide bonds. The molecule has 0 radical (unpaired) electrons. The molecule has 28 heavy (non-hydrogen) atoms. The highest BCUT2D eigenvalue weighted by atomic mass is 35.5. The molecule has 150 valence electrons. The standard InChI is InChI=1S/C18H20ClN3O5S/c19-16-4-5-18(17(11-16)22(23)24)28(25,26)20-12-14-2-1-3-15(10-14)13-21-6-8-27-9-7-21/h1-5,10-11,20H,6-9,12-13H2. The van der Waals surface area contributed by atoms with Crippen LogP contribution in [0.5, 0.6) is 0 Å². The summed E-state index contributed by atoms with van der Waals surface area (Å²) in [6.07, 6.45) is 0. The summed E-state index contributed by atoms with van der Waals surface area (Å²) >= 11 is 5.75. The van der Waals surface area contributed by atoms with Gasteiger partial charge in [0.15, 0.2) is 4.90 Å². The fraction of sp³-hybridized carbons (Fsp3) is 0.333. The van der Waals surface area contributed by atoms with Crippen molar-refractivity contribution in [2.45, 2.75) is 18.0 Å². The van der Waals surface area contributed by atoms with Crippen LogP contribution in [0.4, 0.5) is 5.69 Å². The molecule has 1 saturated heterocycles. The number of nitro benzene ring substituents is 1. The van der Waals surface area contributed by atoms with Crippen LogP contribution in [-0.2, 0) is 27.8 Å². The summed E-state index contributed by atoms with van der Waals surface area (Å²) in [5.41, 5.74) is 1.28. The van der Waals surface area contributed by atoms with E-state index in [4.69, 9.17) is 16.3 Å². The summed E-state index contributed by atoms with van der Waals surface area (Å²) in [6.45, 7) is 3.92. The molecule has 0 bridgehead atoms. The third-order valence-electron chi connectivity index (χ3n) is 4.37. The van der Waals surface area contributed by atoms with Crippen molar-refractivity contribution >= 4 is 27.3 Å². The molecule has 10 heteroatoms. The van der Waals surface area contributed by atoms with E-state index in [1.54, 1.807) is 0 Å². The van der Waals surface area contributed by atoms with Gasteiger partial charge >= 0.3 is 0 Å². The lowest BCUT2D eigenvalue weighted by molar-refractivity contribution is -0.387. The van der Waals surface area contributed by atoms with Crippen LogP contribution in [0.3, 0.4) is 0 Å². The number of nitrogens with one attached hydrogen (secondary N) is 1. The van der Waals surface area contributed by atoms with Crippen molar-refractivity contribution in [3.63, 3.8) is 0 Å². The molecule has 1 fully saturated rings. The fourth-order valence-electron chi connectivity index (χ4n) is 2.97. The van der Waals surface area contributed by atoms with Gasteiger partial charge in [-0.3, -0.25) is 15.0 Å². The van der Waals surface area contributed by atoms with Crippen molar-refractivity contribution in [1.29, 1.82) is 0 Å². The van der Waals surface area contributed by atoms with Gasteiger partial charge in [-0.1, -0.05) is 35.9 Å². The predicted molar refractivity (Wildman–Crippen MR) is 105 cm³/mol. The quantitative estimate of drug-likeness (QED) is 0.540. The van der Waals surface area contributed by atoms with Crippen molar-refractivity contribution in [2.75, 3.05) is 26.3 Å². The van der Waals surface area contributed by atoms with E-state index in [1.165, 1.54) is 6.07 Å². The van der Waals surface area contributed by atoms with Gasteiger partial charge in [-0.2, -0.15) is 0 Å². The van der Waals surface area contributed by atoms with Crippen LogP contribution < -0.4 is 4.72 Å². The zero-order valence-electron chi connectivity index (χ0n) is 15.0. The van der Waals surface area contributed by atoms with Crippen LogP contribution in [0.15, 0.2) is 47.4 Å². The van der Waals surface area contributed by atoms with Crippen LogP contribution in [0.2, 0.25) is 5.02 Å². The van der Waals surface area contributed by atoms with E-state index in [0.29, 0.717) is 13.2 Å². The highest BCUT2D eigenvalue weighted by Gasteiger charge is 2.25. The normalized spacial score (nSPS) is 15.5. The Balaban J connectivity index is 1.71. The molecule has 1 aliphatic rings. The van der Waals surface area contributed by atoms with Gasteiger partial charge in [0, 0.05) is 37.3 Å².